The van der Waals surface area contributed by atoms with Crippen LogP contribution in [0.5, 0.6) is 0 Å². The minimum atomic E-state index is -0.694. The van der Waals surface area contributed by atoms with Crippen LogP contribution in [-0.2, 0) is 17.6 Å². The van der Waals surface area contributed by atoms with E-state index in [0.29, 0.717) is 30.5 Å². The Labute approximate surface area is 139 Å². The van der Waals surface area contributed by atoms with Crippen LogP contribution in [0.25, 0.3) is 0 Å². The molecule has 0 spiro atoms. The number of benzene rings is 1. The second kappa shape index (κ2) is 6.83. The molecule has 3 rings (SSSR count). The number of H-pyrrole nitrogens is 1. The van der Waals surface area contributed by atoms with Crippen molar-refractivity contribution in [2.75, 3.05) is 0 Å². The van der Waals surface area contributed by atoms with Crippen molar-refractivity contribution < 1.29 is 14.3 Å². The van der Waals surface area contributed by atoms with Gasteiger partial charge in [-0.05, 0) is 31.4 Å². The molecule has 1 aromatic heterocycles. The van der Waals surface area contributed by atoms with Crippen molar-refractivity contribution >= 4 is 11.8 Å². The van der Waals surface area contributed by atoms with Gasteiger partial charge < -0.3 is 9.72 Å². The topological polar surface area (TPSA) is 76.2 Å². The Kier molecular flexibility index (Phi) is 4.60. The molecule has 0 aliphatic heterocycles. The number of rotatable bonds is 4. The Morgan fingerprint density at radius 1 is 1.21 bits per heavy atom. The van der Waals surface area contributed by atoms with E-state index in [2.05, 4.69) is 4.98 Å². The van der Waals surface area contributed by atoms with Gasteiger partial charge in [0, 0.05) is 24.1 Å². The summed E-state index contributed by atoms with van der Waals surface area (Å²) in [5.74, 6) is -0.736. The molecule has 0 amide bonds. The number of aromatic nitrogens is 1. The van der Waals surface area contributed by atoms with Gasteiger partial charge in [-0.25, -0.2) is 4.79 Å². The van der Waals surface area contributed by atoms with Crippen molar-refractivity contribution in [3.63, 3.8) is 0 Å². The summed E-state index contributed by atoms with van der Waals surface area (Å²) in [7, 11) is 0. The Balaban J connectivity index is 1.76. The number of hydrogen-bond donors (Lipinski definition) is 1. The average Bonchev–Trinajstić information content (AvgIpc) is 2.55. The molecule has 1 unspecified atom stereocenters. The van der Waals surface area contributed by atoms with Gasteiger partial charge in [-0.1, -0.05) is 30.3 Å². The first-order chi connectivity index (χ1) is 11.5. The molecule has 0 saturated heterocycles. The first-order valence-electron chi connectivity index (χ1n) is 8.09. The molecule has 1 atom stereocenters. The van der Waals surface area contributed by atoms with Gasteiger partial charge in [0.2, 0.25) is 0 Å². The molecule has 0 bridgehead atoms. The third kappa shape index (κ3) is 3.45. The maximum atomic E-state index is 12.3. The third-order valence-corrected chi connectivity index (χ3v) is 4.15. The molecule has 2 aromatic rings. The zero-order valence-corrected chi connectivity index (χ0v) is 13.5. The minimum Gasteiger partial charge on any atom is -0.459 e. The lowest BCUT2D eigenvalue weighted by Gasteiger charge is -2.16. The van der Waals surface area contributed by atoms with E-state index in [0.717, 1.165) is 12.0 Å². The van der Waals surface area contributed by atoms with Crippen molar-refractivity contribution in [3.8, 4) is 0 Å². The molecular formula is C19H19NO4. The highest BCUT2D eigenvalue weighted by Crippen LogP contribution is 2.19. The number of pyridine rings is 1. The predicted molar refractivity (Wildman–Crippen MR) is 89.4 cm³/mol. The van der Waals surface area contributed by atoms with E-state index in [-0.39, 0.29) is 17.5 Å². The number of aromatic amines is 1. The first-order valence-corrected chi connectivity index (χ1v) is 8.09. The second-order valence-corrected chi connectivity index (χ2v) is 6.09. The Morgan fingerprint density at radius 3 is 2.71 bits per heavy atom. The Hall–Kier alpha value is -2.69. The Bertz CT molecular complexity index is 823. The quantitative estimate of drug-likeness (QED) is 0.877. The molecular weight excluding hydrogens is 306 g/mol. The molecule has 0 saturated carbocycles. The molecule has 24 heavy (non-hydrogen) atoms. The van der Waals surface area contributed by atoms with Crippen LogP contribution in [0, 0.1) is 0 Å². The molecule has 5 nitrogen and oxygen atoms in total. The normalized spacial score (nSPS) is 14.8. The molecule has 0 radical (unpaired) electrons. The maximum absolute atomic E-state index is 12.3. The standard InChI is InChI=1S/C19H19NO4/c1-12(10-13-6-3-2-4-7-13)24-19(23)15-11-14-16(20-18(15)22)8-5-9-17(14)21/h2-4,6-7,11-12H,5,8-10H2,1H3,(H,20,22). The van der Waals surface area contributed by atoms with E-state index in [1.54, 1.807) is 6.92 Å². The summed E-state index contributed by atoms with van der Waals surface area (Å²) in [6.07, 6.45) is 2.01. The van der Waals surface area contributed by atoms with Crippen molar-refractivity contribution in [2.45, 2.75) is 38.7 Å². The van der Waals surface area contributed by atoms with E-state index in [1.165, 1.54) is 6.07 Å². The van der Waals surface area contributed by atoms with Crippen LogP contribution < -0.4 is 5.56 Å². The van der Waals surface area contributed by atoms with Gasteiger partial charge in [0.1, 0.15) is 11.7 Å². The molecule has 1 N–H and O–H groups in total. The predicted octanol–water partition coefficient (Wildman–Crippen LogP) is 2.68. The molecule has 1 aliphatic rings. The molecule has 1 aliphatic carbocycles. The van der Waals surface area contributed by atoms with Crippen molar-refractivity contribution in [1.29, 1.82) is 0 Å². The van der Waals surface area contributed by atoms with Gasteiger partial charge in [-0.3, -0.25) is 9.59 Å². The lowest BCUT2D eigenvalue weighted by atomic mass is 9.94. The number of fused-ring (bicyclic) bond motifs is 1. The fraction of sp³-hybridized carbons (Fsp3) is 0.316. The number of carbonyl (C=O) groups is 2. The molecule has 1 aromatic carbocycles. The molecule has 124 valence electrons. The van der Waals surface area contributed by atoms with Crippen LogP contribution in [0.3, 0.4) is 0 Å². The minimum absolute atomic E-state index is 0.0427. The average molecular weight is 325 g/mol. The number of hydrogen-bond acceptors (Lipinski definition) is 4. The number of esters is 1. The number of Topliss-reactive ketones (excluding diaryl/α,β-unsaturated/α-hetero) is 1. The lowest BCUT2D eigenvalue weighted by Crippen LogP contribution is -2.27. The fourth-order valence-corrected chi connectivity index (χ4v) is 2.96. The summed E-state index contributed by atoms with van der Waals surface area (Å²) in [6.45, 7) is 1.78. The zero-order valence-electron chi connectivity index (χ0n) is 13.5. The molecule has 0 fully saturated rings. The number of ketones is 1. The van der Waals surface area contributed by atoms with Gasteiger partial charge in [0.15, 0.2) is 5.78 Å². The smallest absolute Gasteiger partial charge is 0.344 e. The van der Waals surface area contributed by atoms with Crippen LogP contribution >= 0.6 is 0 Å². The van der Waals surface area contributed by atoms with Crippen molar-refractivity contribution in [3.05, 3.63) is 69.1 Å². The molecule has 5 heteroatoms. The van der Waals surface area contributed by atoms with E-state index in [9.17, 15) is 14.4 Å². The maximum Gasteiger partial charge on any atom is 0.344 e. The zero-order chi connectivity index (χ0) is 17.1. The monoisotopic (exact) mass is 325 g/mol. The SMILES string of the molecule is CC(Cc1ccccc1)OC(=O)c1cc2c([nH]c1=O)CCCC2=O. The van der Waals surface area contributed by atoms with Crippen LogP contribution in [0.2, 0.25) is 0 Å². The summed E-state index contributed by atoms with van der Waals surface area (Å²) in [6, 6.07) is 11.0. The second-order valence-electron chi connectivity index (χ2n) is 6.09. The highest BCUT2D eigenvalue weighted by Gasteiger charge is 2.23. The van der Waals surface area contributed by atoms with Gasteiger partial charge >= 0.3 is 5.97 Å². The van der Waals surface area contributed by atoms with Gasteiger partial charge in [0.05, 0.1) is 0 Å². The van der Waals surface area contributed by atoms with Crippen LogP contribution in [0.4, 0.5) is 0 Å². The van der Waals surface area contributed by atoms with Crippen molar-refractivity contribution in [1.82, 2.24) is 4.98 Å². The third-order valence-electron chi connectivity index (χ3n) is 4.15. The van der Waals surface area contributed by atoms with Crippen molar-refractivity contribution in [2.24, 2.45) is 0 Å². The number of aryl methyl sites for hydroxylation is 1. The van der Waals surface area contributed by atoms with Crippen LogP contribution in [0.15, 0.2) is 41.2 Å². The van der Waals surface area contributed by atoms with E-state index >= 15 is 0 Å². The molecule has 1 heterocycles. The van der Waals surface area contributed by atoms with E-state index < -0.39 is 11.5 Å². The largest absolute Gasteiger partial charge is 0.459 e. The highest BCUT2D eigenvalue weighted by atomic mass is 16.5. The summed E-state index contributed by atoms with van der Waals surface area (Å²) >= 11 is 0. The van der Waals surface area contributed by atoms with Gasteiger partial charge in [0.25, 0.3) is 5.56 Å². The first kappa shape index (κ1) is 16.2. The van der Waals surface area contributed by atoms with Crippen LogP contribution in [0.1, 0.15) is 51.7 Å². The number of nitrogens with one attached hydrogen (secondary N) is 1. The lowest BCUT2D eigenvalue weighted by molar-refractivity contribution is 0.0341. The Morgan fingerprint density at radius 2 is 1.96 bits per heavy atom. The number of carbonyl (C=O) groups excluding carboxylic acids is 2. The summed E-state index contributed by atoms with van der Waals surface area (Å²) in [4.78, 5) is 39.0. The summed E-state index contributed by atoms with van der Waals surface area (Å²) in [5.41, 5.74) is 1.49. The number of ether oxygens (including phenoxy) is 1. The van der Waals surface area contributed by atoms with Crippen LogP contribution in [-0.4, -0.2) is 22.8 Å². The summed E-state index contributed by atoms with van der Waals surface area (Å²) < 4.78 is 5.38. The van der Waals surface area contributed by atoms with E-state index in [4.69, 9.17) is 4.74 Å². The van der Waals surface area contributed by atoms with E-state index in [1.807, 2.05) is 30.3 Å². The summed E-state index contributed by atoms with van der Waals surface area (Å²) in [5, 5.41) is 0. The van der Waals surface area contributed by atoms with Gasteiger partial charge in [-0.15, -0.1) is 0 Å². The highest BCUT2D eigenvalue weighted by molar-refractivity contribution is 6.00. The van der Waals surface area contributed by atoms with Gasteiger partial charge in [-0.2, -0.15) is 0 Å². The fourth-order valence-electron chi connectivity index (χ4n) is 2.96.